The zero-order valence-electron chi connectivity index (χ0n) is 12.6. The van der Waals surface area contributed by atoms with Crippen LogP contribution in [-0.4, -0.2) is 65.8 Å². The van der Waals surface area contributed by atoms with E-state index in [-0.39, 0.29) is 6.61 Å². The highest BCUT2D eigenvalue weighted by atomic mass is 16.6. The first-order valence-corrected chi connectivity index (χ1v) is 6.96. The first-order chi connectivity index (χ1) is 11.0. The number of amides is 1. The predicted octanol–water partition coefficient (Wildman–Crippen LogP) is -1.42. The standard InChI is InChI=1S/C15H21NO7/c17-9-15(10-18,11-19)16-13(20)7-22-8-14(21)23-6-12-4-2-1-3-5-12/h1-5,17-19H,6-11H2,(H,16,20). The van der Waals surface area contributed by atoms with Gasteiger partial charge in [-0.3, -0.25) is 4.79 Å². The van der Waals surface area contributed by atoms with Gasteiger partial charge < -0.3 is 30.1 Å². The maximum Gasteiger partial charge on any atom is 0.332 e. The Kier molecular flexibility index (Phi) is 8.20. The molecule has 1 aromatic rings. The highest BCUT2D eigenvalue weighted by Crippen LogP contribution is 2.02. The molecule has 0 saturated carbocycles. The minimum Gasteiger partial charge on any atom is -0.459 e. The average molecular weight is 327 g/mol. The molecule has 128 valence electrons. The molecular formula is C15H21NO7. The third-order valence-corrected chi connectivity index (χ3v) is 3.01. The van der Waals surface area contributed by atoms with Crippen molar-refractivity contribution in [2.45, 2.75) is 12.1 Å². The number of esters is 1. The molecule has 0 fully saturated rings. The minimum absolute atomic E-state index is 0.109. The van der Waals surface area contributed by atoms with E-state index < -0.39 is 50.4 Å². The lowest BCUT2D eigenvalue weighted by atomic mass is 10.0. The Bertz CT molecular complexity index is 480. The van der Waals surface area contributed by atoms with Gasteiger partial charge in [-0.25, -0.2) is 4.79 Å². The first kappa shape index (κ1) is 19.0. The van der Waals surface area contributed by atoms with E-state index in [4.69, 9.17) is 24.8 Å². The van der Waals surface area contributed by atoms with Gasteiger partial charge in [0.25, 0.3) is 0 Å². The molecule has 0 aliphatic carbocycles. The van der Waals surface area contributed by atoms with Crippen molar-refractivity contribution in [2.75, 3.05) is 33.0 Å². The van der Waals surface area contributed by atoms with Gasteiger partial charge in [-0.05, 0) is 5.56 Å². The largest absolute Gasteiger partial charge is 0.459 e. The quantitative estimate of drug-likeness (QED) is 0.389. The van der Waals surface area contributed by atoms with Crippen LogP contribution in [0.5, 0.6) is 0 Å². The summed E-state index contributed by atoms with van der Waals surface area (Å²) in [5.41, 5.74) is -0.689. The van der Waals surface area contributed by atoms with E-state index in [2.05, 4.69) is 5.32 Å². The van der Waals surface area contributed by atoms with E-state index in [1.165, 1.54) is 0 Å². The fourth-order valence-corrected chi connectivity index (χ4v) is 1.61. The molecule has 8 heteroatoms. The van der Waals surface area contributed by atoms with Crippen LogP contribution in [0.3, 0.4) is 0 Å². The number of rotatable bonds is 10. The van der Waals surface area contributed by atoms with Gasteiger partial charge in [-0.2, -0.15) is 0 Å². The Labute approximate surface area is 133 Å². The monoisotopic (exact) mass is 327 g/mol. The van der Waals surface area contributed by atoms with E-state index >= 15 is 0 Å². The minimum atomic E-state index is -1.52. The second-order valence-corrected chi connectivity index (χ2v) is 4.94. The molecule has 0 bridgehead atoms. The molecule has 8 nitrogen and oxygen atoms in total. The number of hydrogen-bond acceptors (Lipinski definition) is 7. The third kappa shape index (κ3) is 6.74. The number of aliphatic hydroxyl groups is 3. The van der Waals surface area contributed by atoms with Gasteiger partial charge >= 0.3 is 5.97 Å². The van der Waals surface area contributed by atoms with Crippen molar-refractivity contribution in [2.24, 2.45) is 0 Å². The molecule has 23 heavy (non-hydrogen) atoms. The second-order valence-electron chi connectivity index (χ2n) is 4.94. The van der Waals surface area contributed by atoms with E-state index in [1.54, 1.807) is 12.1 Å². The third-order valence-electron chi connectivity index (χ3n) is 3.01. The summed E-state index contributed by atoms with van der Waals surface area (Å²) < 4.78 is 9.85. The molecule has 0 unspecified atom stereocenters. The average Bonchev–Trinajstić information content (AvgIpc) is 2.59. The Hall–Kier alpha value is -2.00. The van der Waals surface area contributed by atoms with Crippen LogP contribution in [0.1, 0.15) is 5.56 Å². The van der Waals surface area contributed by atoms with E-state index in [0.717, 1.165) is 5.56 Å². The summed E-state index contributed by atoms with van der Waals surface area (Å²) in [5, 5.41) is 29.4. The lowest BCUT2D eigenvalue weighted by Gasteiger charge is -2.28. The Morgan fingerprint density at radius 1 is 1.00 bits per heavy atom. The van der Waals surface area contributed by atoms with Gasteiger partial charge in [0.05, 0.1) is 19.8 Å². The normalized spacial score (nSPS) is 11.1. The number of carbonyl (C=O) groups is 2. The molecule has 0 aromatic heterocycles. The van der Waals surface area contributed by atoms with Gasteiger partial charge in [0, 0.05) is 0 Å². The molecule has 0 saturated heterocycles. The van der Waals surface area contributed by atoms with Gasteiger partial charge in [0.15, 0.2) is 0 Å². The molecule has 0 heterocycles. The van der Waals surface area contributed by atoms with Crippen molar-refractivity contribution in [3.05, 3.63) is 35.9 Å². The van der Waals surface area contributed by atoms with Crippen LogP contribution in [0.2, 0.25) is 0 Å². The van der Waals surface area contributed by atoms with Crippen LogP contribution in [0.15, 0.2) is 30.3 Å². The summed E-state index contributed by atoms with van der Waals surface area (Å²) in [7, 11) is 0. The van der Waals surface area contributed by atoms with Gasteiger partial charge in [0.1, 0.15) is 25.4 Å². The predicted molar refractivity (Wildman–Crippen MR) is 79.2 cm³/mol. The molecule has 0 atom stereocenters. The summed E-state index contributed by atoms with van der Waals surface area (Å²) >= 11 is 0. The lowest BCUT2D eigenvalue weighted by molar-refractivity contribution is -0.151. The topological polar surface area (TPSA) is 125 Å². The molecule has 1 amide bonds. The van der Waals surface area contributed by atoms with Crippen LogP contribution >= 0.6 is 0 Å². The second kappa shape index (κ2) is 9.90. The summed E-state index contributed by atoms with van der Waals surface area (Å²) in [6.07, 6.45) is 0. The fraction of sp³-hybridized carbons (Fsp3) is 0.467. The van der Waals surface area contributed by atoms with Crippen LogP contribution < -0.4 is 5.32 Å². The van der Waals surface area contributed by atoms with E-state index in [0.29, 0.717) is 0 Å². The first-order valence-electron chi connectivity index (χ1n) is 6.96. The van der Waals surface area contributed by atoms with Crippen molar-refractivity contribution in [1.82, 2.24) is 5.32 Å². The Morgan fingerprint density at radius 3 is 2.17 bits per heavy atom. The molecule has 1 rings (SSSR count). The maximum absolute atomic E-state index is 11.6. The number of nitrogens with one attached hydrogen (secondary N) is 1. The van der Waals surface area contributed by atoms with Crippen LogP contribution in [0, 0.1) is 0 Å². The van der Waals surface area contributed by atoms with Crippen molar-refractivity contribution in [1.29, 1.82) is 0 Å². The zero-order chi connectivity index (χ0) is 17.1. The maximum atomic E-state index is 11.6. The number of ether oxygens (including phenoxy) is 2. The van der Waals surface area contributed by atoms with Crippen molar-refractivity contribution < 1.29 is 34.4 Å². The van der Waals surface area contributed by atoms with E-state index in [9.17, 15) is 9.59 Å². The molecule has 0 radical (unpaired) electrons. The molecular weight excluding hydrogens is 306 g/mol. The fourth-order valence-electron chi connectivity index (χ4n) is 1.61. The van der Waals surface area contributed by atoms with Crippen LogP contribution in [-0.2, 0) is 25.7 Å². The zero-order valence-corrected chi connectivity index (χ0v) is 12.6. The number of aliphatic hydroxyl groups excluding tert-OH is 3. The summed E-state index contributed by atoms with van der Waals surface area (Å²) in [6, 6.07) is 9.09. The Morgan fingerprint density at radius 2 is 1.61 bits per heavy atom. The van der Waals surface area contributed by atoms with Crippen molar-refractivity contribution in [3.63, 3.8) is 0 Å². The SMILES string of the molecule is O=C(COCC(=O)OCc1ccccc1)NC(CO)(CO)CO. The number of hydrogen-bond donors (Lipinski definition) is 4. The summed E-state index contributed by atoms with van der Waals surface area (Å²) in [4.78, 5) is 23.0. The Balaban J connectivity index is 2.25. The lowest BCUT2D eigenvalue weighted by Crippen LogP contribution is -2.57. The van der Waals surface area contributed by atoms with E-state index in [1.807, 2.05) is 18.2 Å². The molecule has 1 aromatic carbocycles. The summed E-state index contributed by atoms with van der Waals surface area (Å²) in [5.74, 6) is -1.31. The molecule has 0 aliphatic rings. The van der Waals surface area contributed by atoms with Gasteiger partial charge in [-0.1, -0.05) is 30.3 Å². The number of carbonyl (C=O) groups excluding carboxylic acids is 2. The van der Waals surface area contributed by atoms with Gasteiger partial charge in [0.2, 0.25) is 5.91 Å². The summed E-state index contributed by atoms with van der Waals surface area (Å²) in [6.45, 7) is -2.68. The molecule has 0 spiro atoms. The molecule has 0 aliphatic heterocycles. The van der Waals surface area contributed by atoms with Crippen LogP contribution in [0.25, 0.3) is 0 Å². The van der Waals surface area contributed by atoms with Crippen LogP contribution in [0.4, 0.5) is 0 Å². The van der Waals surface area contributed by atoms with Crippen molar-refractivity contribution in [3.8, 4) is 0 Å². The highest BCUT2D eigenvalue weighted by molar-refractivity contribution is 5.78. The molecule has 4 N–H and O–H groups in total. The van der Waals surface area contributed by atoms with Gasteiger partial charge in [-0.15, -0.1) is 0 Å². The smallest absolute Gasteiger partial charge is 0.332 e. The highest BCUT2D eigenvalue weighted by Gasteiger charge is 2.29. The van der Waals surface area contributed by atoms with Crippen molar-refractivity contribution >= 4 is 11.9 Å². The number of benzene rings is 1.